The number of allylic oxidation sites excluding steroid dienone is 2. The Morgan fingerprint density at radius 3 is 2.07 bits per heavy atom. The average molecular weight is 398 g/mol. The lowest BCUT2D eigenvalue weighted by Crippen LogP contribution is -2.40. The van der Waals surface area contributed by atoms with Crippen molar-refractivity contribution >= 4 is 23.4 Å². The van der Waals surface area contributed by atoms with Crippen molar-refractivity contribution in [3.63, 3.8) is 0 Å². The molecule has 1 heterocycles. The number of nitrogens with zero attached hydrogens (tertiary/aromatic N) is 1. The van der Waals surface area contributed by atoms with Crippen LogP contribution in [0.2, 0.25) is 0 Å². The minimum absolute atomic E-state index is 0.0732. The summed E-state index contributed by atoms with van der Waals surface area (Å²) < 4.78 is 0. The zero-order valence-electron chi connectivity index (χ0n) is 16.4. The van der Waals surface area contributed by atoms with Crippen molar-refractivity contribution in [2.24, 2.45) is 35.5 Å². The smallest absolute Gasteiger partial charge is 0.251 e. The Balaban J connectivity index is 1.19. The molecule has 0 spiro atoms. The Hall–Kier alpha value is -3.21. The fraction of sp³-hybridized carbons (Fsp3) is 0.320. The molecule has 5 nitrogen and oxygen atoms in total. The monoisotopic (exact) mass is 398 g/mol. The minimum atomic E-state index is -0.204. The molecule has 30 heavy (non-hydrogen) atoms. The van der Waals surface area contributed by atoms with Crippen molar-refractivity contribution in [1.82, 2.24) is 5.32 Å². The number of anilines is 1. The van der Waals surface area contributed by atoms with Crippen LogP contribution in [0.5, 0.6) is 0 Å². The van der Waals surface area contributed by atoms with Gasteiger partial charge in [0, 0.05) is 12.1 Å². The number of imide groups is 1. The van der Waals surface area contributed by atoms with E-state index < -0.39 is 0 Å². The topological polar surface area (TPSA) is 66.5 Å². The molecule has 3 amide bonds. The second-order valence-electron chi connectivity index (χ2n) is 8.88. The number of carbonyl (C=O) groups excluding carboxylic acids is 3. The molecule has 6 atom stereocenters. The van der Waals surface area contributed by atoms with Crippen LogP contribution >= 0.6 is 0 Å². The normalized spacial score (nSPS) is 32.7. The maximum absolute atomic E-state index is 13.2. The number of rotatable bonds is 4. The van der Waals surface area contributed by atoms with E-state index in [1.807, 2.05) is 30.3 Å². The van der Waals surface area contributed by atoms with Crippen LogP contribution in [0.4, 0.5) is 5.69 Å². The van der Waals surface area contributed by atoms with Crippen LogP contribution in [0.25, 0.3) is 0 Å². The van der Waals surface area contributed by atoms with Crippen LogP contribution in [0, 0.1) is 35.5 Å². The zero-order valence-corrected chi connectivity index (χ0v) is 16.4. The Bertz CT molecular complexity index is 1040. The van der Waals surface area contributed by atoms with Crippen LogP contribution in [0.1, 0.15) is 22.3 Å². The highest BCUT2D eigenvalue weighted by molar-refractivity contribution is 6.22. The van der Waals surface area contributed by atoms with Gasteiger partial charge in [-0.1, -0.05) is 42.5 Å². The van der Waals surface area contributed by atoms with Crippen molar-refractivity contribution in [1.29, 1.82) is 0 Å². The van der Waals surface area contributed by atoms with Gasteiger partial charge in [0.2, 0.25) is 11.8 Å². The fourth-order valence-electron chi connectivity index (χ4n) is 5.85. The quantitative estimate of drug-likeness (QED) is 0.635. The zero-order chi connectivity index (χ0) is 20.4. The third-order valence-electron chi connectivity index (χ3n) is 7.35. The molecule has 2 bridgehead atoms. The summed E-state index contributed by atoms with van der Waals surface area (Å²) in [6.45, 7) is 0.450. The van der Waals surface area contributed by atoms with Crippen LogP contribution in [0.3, 0.4) is 0 Å². The van der Waals surface area contributed by atoms with Crippen molar-refractivity contribution in [3.8, 4) is 0 Å². The van der Waals surface area contributed by atoms with Gasteiger partial charge in [0.25, 0.3) is 5.91 Å². The Morgan fingerprint density at radius 1 is 0.867 bits per heavy atom. The van der Waals surface area contributed by atoms with Gasteiger partial charge in [-0.3, -0.25) is 19.3 Å². The molecule has 150 valence electrons. The van der Waals surface area contributed by atoms with E-state index in [2.05, 4.69) is 17.5 Å². The molecule has 1 aliphatic heterocycles. The largest absolute Gasteiger partial charge is 0.348 e. The van der Waals surface area contributed by atoms with Crippen LogP contribution in [0.15, 0.2) is 66.7 Å². The second-order valence-corrected chi connectivity index (χ2v) is 8.88. The van der Waals surface area contributed by atoms with Gasteiger partial charge in [0.05, 0.1) is 17.5 Å². The standard InChI is InChI=1S/C25H22N2O3/c28-23(26-13-14-4-2-1-3-5-14)15-6-8-16(9-7-15)27-24(29)21-17-10-11-18(20-12-19(17)20)22(21)25(27)30/h1-11,17-22H,12-13H2,(H,26,28)/t17-,18+,19-,20-,21+,22+/m1/s1. The van der Waals surface area contributed by atoms with Gasteiger partial charge in [-0.15, -0.1) is 0 Å². The molecule has 0 unspecified atom stereocenters. The highest BCUT2D eigenvalue weighted by Crippen LogP contribution is 2.65. The summed E-state index contributed by atoms with van der Waals surface area (Å²) in [6.07, 6.45) is 5.51. The number of benzene rings is 2. The first-order valence-electron chi connectivity index (χ1n) is 10.6. The molecular formula is C25H22N2O3. The predicted octanol–water partition coefficient (Wildman–Crippen LogP) is 3.17. The van der Waals surface area contributed by atoms with Crippen molar-refractivity contribution in [3.05, 3.63) is 77.9 Å². The summed E-state index contributed by atoms with van der Waals surface area (Å²) in [6, 6.07) is 16.5. The summed E-state index contributed by atoms with van der Waals surface area (Å²) in [7, 11) is 0. The van der Waals surface area contributed by atoms with Crippen molar-refractivity contribution in [2.75, 3.05) is 4.90 Å². The van der Waals surface area contributed by atoms with E-state index in [4.69, 9.17) is 0 Å². The molecule has 5 heteroatoms. The van der Waals surface area contributed by atoms with E-state index in [0.29, 0.717) is 29.6 Å². The molecule has 5 aliphatic rings. The number of hydrogen-bond donors (Lipinski definition) is 1. The molecule has 2 aromatic carbocycles. The summed E-state index contributed by atoms with van der Waals surface area (Å²) in [5.41, 5.74) is 2.10. The van der Waals surface area contributed by atoms with Gasteiger partial charge < -0.3 is 5.32 Å². The minimum Gasteiger partial charge on any atom is -0.348 e. The molecular weight excluding hydrogens is 376 g/mol. The highest BCUT2D eigenvalue weighted by Gasteiger charge is 2.67. The first-order chi connectivity index (χ1) is 14.6. The Labute approximate surface area is 174 Å². The molecule has 0 aromatic heterocycles. The van der Waals surface area contributed by atoms with E-state index in [0.717, 1.165) is 12.0 Å². The summed E-state index contributed by atoms with van der Waals surface area (Å²) in [4.78, 5) is 40.2. The summed E-state index contributed by atoms with van der Waals surface area (Å²) >= 11 is 0. The van der Waals surface area contributed by atoms with Gasteiger partial charge in [-0.25, -0.2) is 0 Å². The number of carbonyl (C=O) groups is 3. The molecule has 3 fully saturated rings. The lowest BCUT2D eigenvalue weighted by atomic mass is 9.63. The van der Waals surface area contributed by atoms with E-state index in [1.165, 1.54) is 4.90 Å². The molecule has 0 radical (unpaired) electrons. The van der Waals surface area contributed by atoms with Crippen molar-refractivity contribution < 1.29 is 14.4 Å². The Morgan fingerprint density at radius 2 is 1.47 bits per heavy atom. The van der Waals surface area contributed by atoms with E-state index in [9.17, 15) is 14.4 Å². The molecule has 1 N–H and O–H groups in total. The van der Waals surface area contributed by atoms with Crippen LogP contribution in [-0.4, -0.2) is 17.7 Å². The Kier molecular flexibility index (Phi) is 3.76. The summed E-state index contributed by atoms with van der Waals surface area (Å²) in [5, 5.41) is 2.90. The highest BCUT2D eigenvalue weighted by atomic mass is 16.2. The lowest BCUT2D eigenvalue weighted by Gasteiger charge is -2.37. The summed E-state index contributed by atoms with van der Waals surface area (Å²) in [5.74, 6) is 0.883. The SMILES string of the molecule is O=C(NCc1ccccc1)c1ccc(N2C(=O)[C@H]3[C@@H]4C=C[C@@H]([C@H]5C[C@H]45)[C@@H]3C2=O)cc1. The van der Waals surface area contributed by atoms with Crippen molar-refractivity contribution in [2.45, 2.75) is 13.0 Å². The first-order valence-corrected chi connectivity index (χ1v) is 10.6. The third kappa shape index (κ3) is 2.51. The van der Waals surface area contributed by atoms with Gasteiger partial charge in [0.1, 0.15) is 0 Å². The number of hydrogen-bond acceptors (Lipinski definition) is 3. The second kappa shape index (κ2) is 6.39. The van der Waals surface area contributed by atoms with Gasteiger partial charge in [-0.05, 0) is 59.9 Å². The van der Waals surface area contributed by atoms with E-state index >= 15 is 0 Å². The van der Waals surface area contributed by atoms with E-state index in [1.54, 1.807) is 24.3 Å². The van der Waals surface area contributed by atoms with Gasteiger partial charge >= 0.3 is 0 Å². The molecule has 4 aliphatic carbocycles. The first kappa shape index (κ1) is 17.6. The molecule has 7 rings (SSSR count). The van der Waals surface area contributed by atoms with Crippen LogP contribution in [-0.2, 0) is 16.1 Å². The number of nitrogens with one attached hydrogen (secondary N) is 1. The van der Waals surface area contributed by atoms with E-state index in [-0.39, 0.29) is 41.4 Å². The van der Waals surface area contributed by atoms with Crippen LogP contribution < -0.4 is 10.2 Å². The van der Waals surface area contributed by atoms with Gasteiger partial charge in [0.15, 0.2) is 0 Å². The molecule has 2 aromatic rings. The third-order valence-corrected chi connectivity index (χ3v) is 7.35. The molecule has 2 saturated carbocycles. The maximum atomic E-state index is 13.2. The predicted molar refractivity (Wildman–Crippen MR) is 111 cm³/mol. The number of amides is 3. The fourth-order valence-corrected chi connectivity index (χ4v) is 5.85. The molecule has 1 saturated heterocycles. The lowest BCUT2D eigenvalue weighted by molar-refractivity contribution is -0.124. The van der Waals surface area contributed by atoms with Gasteiger partial charge in [-0.2, -0.15) is 0 Å². The maximum Gasteiger partial charge on any atom is 0.251 e. The average Bonchev–Trinajstić information content (AvgIpc) is 3.56.